The lowest BCUT2D eigenvalue weighted by molar-refractivity contribution is -0.122. The molecule has 0 aromatic heterocycles. The van der Waals surface area contributed by atoms with Crippen molar-refractivity contribution in [3.05, 3.63) is 29.3 Å². The van der Waals surface area contributed by atoms with E-state index < -0.39 is 0 Å². The molecule has 1 unspecified atom stereocenters. The van der Waals surface area contributed by atoms with Gasteiger partial charge in [0.2, 0.25) is 5.91 Å². The van der Waals surface area contributed by atoms with Gasteiger partial charge in [-0.25, -0.2) is 0 Å². The van der Waals surface area contributed by atoms with E-state index in [-0.39, 0.29) is 11.9 Å². The van der Waals surface area contributed by atoms with E-state index in [1.54, 1.807) is 13.1 Å². The first-order valence-corrected chi connectivity index (χ1v) is 6.73. The second-order valence-corrected chi connectivity index (χ2v) is 4.88. The van der Waals surface area contributed by atoms with E-state index >= 15 is 0 Å². The number of benzene rings is 1. The Hall–Kier alpha value is -1.55. The van der Waals surface area contributed by atoms with E-state index in [4.69, 9.17) is 0 Å². The van der Waals surface area contributed by atoms with Gasteiger partial charge in [-0.15, -0.1) is 0 Å². The number of likely N-dealkylation sites (N-methyl/N-ethyl adjacent to an activating group) is 1. The van der Waals surface area contributed by atoms with Crippen molar-refractivity contribution in [2.24, 2.45) is 0 Å². The van der Waals surface area contributed by atoms with Crippen molar-refractivity contribution in [1.82, 2.24) is 10.2 Å². The first-order valence-electron chi connectivity index (χ1n) is 6.73. The number of carbonyl (C=O) groups excluding carboxylic acids is 1. The third kappa shape index (κ3) is 4.24. The molecule has 0 fully saturated rings. The summed E-state index contributed by atoms with van der Waals surface area (Å²) < 4.78 is 0. The molecule has 1 atom stereocenters. The molecule has 1 aromatic carbocycles. The zero-order valence-electron chi connectivity index (χ0n) is 12.2. The molecule has 0 saturated heterocycles. The van der Waals surface area contributed by atoms with Crippen LogP contribution in [-0.2, 0) is 4.79 Å². The van der Waals surface area contributed by atoms with E-state index in [0.29, 0.717) is 12.3 Å². The quantitative estimate of drug-likeness (QED) is 0.828. The number of carbonyl (C=O) groups is 1. The molecule has 0 radical (unpaired) electrons. The third-order valence-electron chi connectivity index (χ3n) is 3.32. The predicted molar refractivity (Wildman–Crippen MR) is 77.2 cm³/mol. The van der Waals surface area contributed by atoms with Crippen molar-refractivity contribution in [2.45, 2.75) is 33.2 Å². The van der Waals surface area contributed by atoms with Gasteiger partial charge in [0, 0.05) is 18.7 Å². The first-order chi connectivity index (χ1) is 8.99. The van der Waals surface area contributed by atoms with Gasteiger partial charge in [-0.2, -0.15) is 0 Å². The number of phenols is 1. The van der Waals surface area contributed by atoms with Crippen molar-refractivity contribution in [2.75, 3.05) is 20.1 Å². The van der Waals surface area contributed by atoms with E-state index in [9.17, 15) is 9.90 Å². The van der Waals surface area contributed by atoms with E-state index in [0.717, 1.165) is 24.1 Å². The number of hydrogen-bond donors (Lipinski definition) is 2. The van der Waals surface area contributed by atoms with Crippen LogP contribution < -0.4 is 5.32 Å². The summed E-state index contributed by atoms with van der Waals surface area (Å²) in [6.45, 7) is 7.21. The fourth-order valence-corrected chi connectivity index (χ4v) is 2.16. The highest BCUT2D eigenvalue weighted by Crippen LogP contribution is 2.29. The second-order valence-electron chi connectivity index (χ2n) is 4.88. The van der Waals surface area contributed by atoms with Crippen LogP contribution >= 0.6 is 0 Å². The minimum atomic E-state index is -0.00750. The minimum Gasteiger partial charge on any atom is -0.508 e. The summed E-state index contributed by atoms with van der Waals surface area (Å²) in [5, 5.41) is 12.7. The van der Waals surface area contributed by atoms with Crippen LogP contribution in [-0.4, -0.2) is 36.1 Å². The summed E-state index contributed by atoms with van der Waals surface area (Å²) >= 11 is 0. The number of nitrogens with one attached hydrogen (secondary N) is 1. The van der Waals surface area contributed by atoms with Gasteiger partial charge in [-0.05, 0) is 38.4 Å². The van der Waals surface area contributed by atoms with Gasteiger partial charge in [0.25, 0.3) is 0 Å². The van der Waals surface area contributed by atoms with Crippen LogP contribution in [0.4, 0.5) is 0 Å². The molecule has 4 nitrogen and oxygen atoms in total. The molecule has 1 aromatic rings. The van der Waals surface area contributed by atoms with Crippen molar-refractivity contribution < 1.29 is 9.90 Å². The van der Waals surface area contributed by atoms with Crippen LogP contribution in [0.25, 0.3) is 0 Å². The summed E-state index contributed by atoms with van der Waals surface area (Å²) in [6.07, 6.45) is 0.966. The summed E-state index contributed by atoms with van der Waals surface area (Å²) in [6, 6.07) is 5.69. The summed E-state index contributed by atoms with van der Waals surface area (Å²) in [4.78, 5) is 13.6. The van der Waals surface area contributed by atoms with Crippen LogP contribution in [0.3, 0.4) is 0 Å². The zero-order valence-corrected chi connectivity index (χ0v) is 12.2. The van der Waals surface area contributed by atoms with Gasteiger partial charge in [-0.1, -0.05) is 19.1 Å². The molecular weight excluding hydrogens is 240 g/mol. The Balaban J connectivity index is 2.91. The lowest BCUT2D eigenvalue weighted by atomic mass is 10.0. The molecule has 0 aliphatic carbocycles. The van der Waals surface area contributed by atoms with Crippen LogP contribution in [0.15, 0.2) is 18.2 Å². The highest BCUT2D eigenvalue weighted by molar-refractivity contribution is 5.77. The molecule has 4 heteroatoms. The molecule has 0 aliphatic rings. The second kappa shape index (κ2) is 7.14. The highest BCUT2D eigenvalue weighted by Gasteiger charge is 2.20. The average molecular weight is 264 g/mol. The number of aryl methyl sites for hydroxylation is 1. The lowest BCUT2D eigenvalue weighted by Gasteiger charge is -2.28. The number of rotatable bonds is 6. The predicted octanol–water partition coefficient (Wildman–Crippen LogP) is 2.22. The van der Waals surface area contributed by atoms with Crippen LogP contribution in [0, 0.1) is 6.92 Å². The maximum absolute atomic E-state index is 11.6. The molecule has 1 amide bonds. The SMILES string of the molecule is CCCN(CC(=O)NC)C(C)c1ccc(C)cc1O. The van der Waals surface area contributed by atoms with Crippen molar-refractivity contribution >= 4 is 5.91 Å². The summed E-state index contributed by atoms with van der Waals surface area (Å²) in [7, 11) is 1.64. The largest absolute Gasteiger partial charge is 0.508 e. The monoisotopic (exact) mass is 264 g/mol. The molecule has 0 spiro atoms. The topological polar surface area (TPSA) is 52.6 Å². The molecule has 1 rings (SSSR count). The standard InChI is InChI=1S/C15H24N2O2/c1-5-8-17(10-15(19)16-4)12(3)13-7-6-11(2)9-14(13)18/h6-7,9,12,18H,5,8,10H2,1-4H3,(H,16,19). The maximum Gasteiger partial charge on any atom is 0.233 e. The average Bonchev–Trinajstić information content (AvgIpc) is 2.37. The maximum atomic E-state index is 11.6. The summed E-state index contributed by atoms with van der Waals surface area (Å²) in [5.74, 6) is 0.289. The van der Waals surface area contributed by atoms with Crippen molar-refractivity contribution in [3.63, 3.8) is 0 Å². The number of aromatic hydroxyl groups is 1. The smallest absolute Gasteiger partial charge is 0.233 e. The molecule has 106 valence electrons. The van der Waals surface area contributed by atoms with E-state index in [2.05, 4.69) is 17.1 Å². The minimum absolute atomic E-state index is 0.00750. The number of nitrogens with zero attached hydrogens (tertiary/aromatic N) is 1. The van der Waals surface area contributed by atoms with Crippen molar-refractivity contribution in [1.29, 1.82) is 0 Å². The fraction of sp³-hybridized carbons (Fsp3) is 0.533. The normalized spacial score (nSPS) is 12.5. The Morgan fingerprint density at radius 3 is 2.68 bits per heavy atom. The molecule has 19 heavy (non-hydrogen) atoms. The zero-order chi connectivity index (χ0) is 14.4. The first kappa shape index (κ1) is 15.5. The van der Waals surface area contributed by atoms with Gasteiger partial charge in [0.15, 0.2) is 0 Å². The molecular formula is C15H24N2O2. The number of hydrogen-bond acceptors (Lipinski definition) is 3. The Bertz CT molecular complexity index is 432. The van der Waals surface area contributed by atoms with Gasteiger partial charge in [0.1, 0.15) is 5.75 Å². The Labute approximate surface area is 115 Å². The fourth-order valence-electron chi connectivity index (χ4n) is 2.16. The van der Waals surface area contributed by atoms with Crippen molar-refractivity contribution in [3.8, 4) is 5.75 Å². The van der Waals surface area contributed by atoms with Crippen LogP contribution in [0.2, 0.25) is 0 Å². The third-order valence-corrected chi connectivity index (χ3v) is 3.32. The molecule has 0 aliphatic heterocycles. The van der Waals surface area contributed by atoms with E-state index in [1.165, 1.54) is 0 Å². The Kier molecular flexibility index (Phi) is 5.83. The summed E-state index contributed by atoms with van der Waals surface area (Å²) in [5.41, 5.74) is 1.89. The molecule has 2 N–H and O–H groups in total. The van der Waals surface area contributed by atoms with Crippen LogP contribution in [0.1, 0.15) is 37.4 Å². The van der Waals surface area contributed by atoms with Gasteiger partial charge in [0.05, 0.1) is 6.54 Å². The van der Waals surface area contributed by atoms with Crippen LogP contribution in [0.5, 0.6) is 5.75 Å². The molecule has 0 heterocycles. The van der Waals surface area contributed by atoms with Gasteiger partial charge in [-0.3, -0.25) is 9.69 Å². The Morgan fingerprint density at radius 1 is 1.47 bits per heavy atom. The van der Waals surface area contributed by atoms with Gasteiger partial charge < -0.3 is 10.4 Å². The van der Waals surface area contributed by atoms with Gasteiger partial charge >= 0.3 is 0 Å². The molecule has 0 bridgehead atoms. The highest BCUT2D eigenvalue weighted by atomic mass is 16.3. The Morgan fingerprint density at radius 2 is 2.16 bits per heavy atom. The van der Waals surface area contributed by atoms with E-state index in [1.807, 2.05) is 26.0 Å². The number of amides is 1. The number of phenolic OH excluding ortho intramolecular Hbond substituents is 1. The lowest BCUT2D eigenvalue weighted by Crippen LogP contribution is -2.37. The molecule has 0 saturated carbocycles.